The molecule has 1 aromatic heterocycles. The summed E-state index contributed by atoms with van der Waals surface area (Å²) in [6.07, 6.45) is 0. The molecule has 8 nitrogen and oxygen atoms in total. The number of phenolic OH excluding ortho intramolecular Hbond substituents is 1. The fraction of sp³-hybridized carbons (Fsp3) is 0.200. The number of aliphatic hydroxyl groups excluding tert-OH is 1. The number of hydrogen-bond acceptors (Lipinski definition) is 7. The standard InChI is InChI=1S/C15H15N3O5S/c1-18(4-5-19)14-7-12-13(8-15(14)20)17-11-6-9(24(21,22)23)2-3-10(11)16-12/h2-3,6-8,19-20H,4-5H2,1H3,(H,21,22,23). The van der Waals surface area contributed by atoms with Gasteiger partial charge in [-0.05, 0) is 24.3 Å². The van der Waals surface area contributed by atoms with E-state index in [1.165, 1.54) is 24.3 Å². The maximum Gasteiger partial charge on any atom is 0.294 e. The Balaban J connectivity index is 2.20. The summed E-state index contributed by atoms with van der Waals surface area (Å²) in [5, 5.41) is 19.1. The van der Waals surface area contributed by atoms with Gasteiger partial charge in [-0.15, -0.1) is 0 Å². The fourth-order valence-corrected chi connectivity index (χ4v) is 2.92. The summed E-state index contributed by atoms with van der Waals surface area (Å²) in [6.45, 7) is 0.285. The van der Waals surface area contributed by atoms with Gasteiger partial charge in [-0.25, -0.2) is 9.97 Å². The van der Waals surface area contributed by atoms with Crippen LogP contribution in [-0.2, 0) is 10.1 Å². The van der Waals surface area contributed by atoms with Crippen LogP contribution in [0.5, 0.6) is 5.75 Å². The minimum Gasteiger partial charge on any atom is -0.506 e. The summed E-state index contributed by atoms with van der Waals surface area (Å²) in [7, 11) is -2.60. The van der Waals surface area contributed by atoms with Crippen molar-refractivity contribution in [1.82, 2.24) is 9.97 Å². The molecule has 0 aliphatic carbocycles. The maximum atomic E-state index is 11.2. The van der Waals surface area contributed by atoms with Gasteiger partial charge >= 0.3 is 0 Å². The molecule has 1 heterocycles. The van der Waals surface area contributed by atoms with E-state index in [0.29, 0.717) is 28.8 Å². The lowest BCUT2D eigenvalue weighted by molar-refractivity contribution is 0.303. The van der Waals surface area contributed by atoms with Crippen molar-refractivity contribution < 1.29 is 23.2 Å². The van der Waals surface area contributed by atoms with Gasteiger partial charge in [0.15, 0.2) is 0 Å². The third kappa shape index (κ3) is 2.96. The summed E-state index contributed by atoms with van der Waals surface area (Å²) >= 11 is 0. The Hall–Kier alpha value is -2.49. The van der Waals surface area contributed by atoms with Gasteiger partial charge < -0.3 is 15.1 Å². The molecule has 3 aromatic rings. The quantitative estimate of drug-likeness (QED) is 0.473. The predicted molar refractivity (Wildman–Crippen MR) is 88.9 cm³/mol. The van der Waals surface area contributed by atoms with Crippen LogP contribution < -0.4 is 4.90 Å². The SMILES string of the molecule is CN(CCO)c1cc2nc3ccc(S(=O)(=O)O)cc3nc2cc1O. The molecular weight excluding hydrogens is 334 g/mol. The van der Waals surface area contributed by atoms with E-state index in [9.17, 15) is 13.5 Å². The molecule has 0 fully saturated rings. The molecule has 0 saturated carbocycles. The second kappa shape index (κ2) is 5.86. The first-order valence-electron chi connectivity index (χ1n) is 7.03. The van der Waals surface area contributed by atoms with Gasteiger partial charge in [0.2, 0.25) is 0 Å². The molecule has 0 bridgehead atoms. The van der Waals surface area contributed by atoms with Gasteiger partial charge in [0, 0.05) is 19.7 Å². The molecule has 0 atom stereocenters. The molecule has 3 N–H and O–H groups in total. The largest absolute Gasteiger partial charge is 0.506 e. The van der Waals surface area contributed by atoms with E-state index in [1.807, 2.05) is 0 Å². The van der Waals surface area contributed by atoms with E-state index in [0.717, 1.165) is 0 Å². The Labute approximate surface area is 137 Å². The van der Waals surface area contributed by atoms with Crippen LogP contribution in [0.2, 0.25) is 0 Å². The van der Waals surface area contributed by atoms with Gasteiger partial charge in [0.1, 0.15) is 5.75 Å². The van der Waals surface area contributed by atoms with Crippen LogP contribution in [-0.4, -0.2) is 53.4 Å². The highest BCUT2D eigenvalue weighted by atomic mass is 32.2. The Morgan fingerprint density at radius 3 is 2.33 bits per heavy atom. The Morgan fingerprint density at radius 2 is 1.67 bits per heavy atom. The van der Waals surface area contributed by atoms with Crippen molar-refractivity contribution in [2.45, 2.75) is 4.90 Å². The molecule has 0 aliphatic heterocycles. The number of phenols is 1. The van der Waals surface area contributed by atoms with Crippen LogP contribution in [0, 0.1) is 0 Å². The van der Waals surface area contributed by atoms with Crippen molar-refractivity contribution in [2.24, 2.45) is 0 Å². The third-order valence-corrected chi connectivity index (χ3v) is 4.49. The molecule has 3 rings (SSSR count). The highest BCUT2D eigenvalue weighted by Crippen LogP contribution is 2.31. The Morgan fingerprint density at radius 1 is 1.04 bits per heavy atom. The molecule has 24 heavy (non-hydrogen) atoms. The number of anilines is 1. The third-order valence-electron chi connectivity index (χ3n) is 3.64. The Bertz CT molecular complexity index is 1040. The zero-order valence-corrected chi connectivity index (χ0v) is 13.5. The van der Waals surface area contributed by atoms with Gasteiger partial charge in [0.05, 0.1) is 39.3 Å². The number of aromatic hydroxyl groups is 1. The minimum atomic E-state index is -4.33. The second-order valence-corrected chi connectivity index (χ2v) is 6.75. The van der Waals surface area contributed by atoms with E-state index in [-0.39, 0.29) is 22.8 Å². The number of likely N-dealkylation sites (N-methyl/N-ethyl adjacent to an activating group) is 1. The lowest BCUT2D eigenvalue weighted by atomic mass is 10.2. The molecule has 0 saturated heterocycles. The molecule has 0 aliphatic rings. The molecule has 0 amide bonds. The van der Waals surface area contributed by atoms with E-state index in [2.05, 4.69) is 9.97 Å². The van der Waals surface area contributed by atoms with E-state index < -0.39 is 10.1 Å². The zero-order chi connectivity index (χ0) is 17.5. The lowest BCUT2D eigenvalue weighted by Crippen LogP contribution is -2.21. The van der Waals surface area contributed by atoms with Crippen LogP contribution in [0.4, 0.5) is 5.69 Å². The number of aromatic nitrogens is 2. The van der Waals surface area contributed by atoms with Crippen LogP contribution in [0.15, 0.2) is 35.2 Å². The molecule has 2 aromatic carbocycles. The predicted octanol–water partition coefficient (Wildman–Crippen LogP) is 1.16. The highest BCUT2D eigenvalue weighted by molar-refractivity contribution is 7.85. The second-order valence-electron chi connectivity index (χ2n) is 5.32. The van der Waals surface area contributed by atoms with E-state index >= 15 is 0 Å². The van der Waals surface area contributed by atoms with Gasteiger partial charge in [-0.2, -0.15) is 8.42 Å². The van der Waals surface area contributed by atoms with Gasteiger partial charge in [-0.1, -0.05) is 0 Å². The first kappa shape index (κ1) is 16.4. The molecule has 0 spiro atoms. The van der Waals surface area contributed by atoms with Crippen molar-refractivity contribution in [3.8, 4) is 5.75 Å². The van der Waals surface area contributed by atoms with Crippen molar-refractivity contribution in [3.05, 3.63) is 30.3 Å². The highest BCUT2D eigenvalue weighted by Gasteiger charge is 2.14. The first-order chi connectivity index (χ1) is 11.3. The summed E-state index contributed by atoms with van der Waals surface area (Å²) in [6, 6.07) is 6.99. The van der Waals surface area contributed by atoms with Crippen LogP contribution >= 0.6 is 0 Å². The number of aliphatic hydroxyl groups is 1. The molecule has 0 unspecified atom stereocenters. The number of fused-ring (bicyclic) bond motifs is 2. The van der Waals surface area contributed by atoms with Crippen LogP contribution in [0.3, 0.4) is 0 Å². The fourth-order valence-electron chi connectivity index (χ4n) is 2.42. The smallest absolute Gasteiger partial charge is 0.294 e. The molecule has 9 heteroatoms. The molecular formula is C15H15N3O5S. The van der Waals surface area contributed by atoms with E-state index in [1.54, 1.807) is 18.0 Å². The van der Waals surface area contributed by atoms with Crippen molar-refractivity contribution >= 4 is 37.9 Å². The topological polar surface area (TPSA) is 124 Å². The van der Waals surface area contributed by atoms with Crippen LogP contribution in [0.1, 0.15) is 0 Å². The van der Waals surface area contributed by atoms with E-state index in [4.69, 9.17) is 9.66 Å². The summed E-state index contributed by atoms with van der Waals surface area (Å²) in [5.41, 5.74) is 2.14. The lowest BCUT2D eigenvalue weighted by Gasteiger charge is -2.19. The number of rotatable bonds is 4. The average Bonchev–Trinajstić information content (AvgIpc) is 2.51. The molecule has 126 valence electrons. The minimum absolute atomic E-state index is 0.0296. The van der Waals surface area contributed by atoms with Crippen LogP contribution in [0.25, 0.3) is 22.1 Å². The average molecular weight is 349 g/mol. The molecule has 0 radical (unpaired) electrons. The number of nitrogens with zero attached hydrogens (tertiary/aromatic N) is 3. The summed E-state index contributed by atoms with van der Waals surface area (Å²) < 4.78 is 31.5. The monoisotopic (exact) mass is 349 g/mol. The van der Waals surface area contributed by atoms with Gasteiger partial charge in [0.25, 0.3) is 10.1 Å². The van der Waals surface area contributed by atoms with Crippen molar-refractivity contribution in [3.63, 3.8) is 0 Å². The number of benzene rings is 2. The summed E-state index contributed by atoms with van der Waals surface area (Å²) in [4.78, 5) is 10.1. The summed E-state index contributed by atoms with van der Waals surface area (Å²) in [5.74, 6) is -0.0296. The normalized spacial score (nSPS) is 12.0. The van der Waals surface area contributed by atoms with Crippen molar-refractivity contribution in [1.29, 1.82) is 0 Å². The van der Waals surface area contributed by atoms with Gasteiger partial charge in [-0.3, -0.25) is 4.55 Å². The zero-order valence-electron chi connectivity index (χ0n) is 12.7. The first-order valence-corrected chi connectivity index (χ1v) is 8.47. The maximum absolute atomic E-state index is 11.2. The number of hydrogen-bond donors (Lipinski definition) is 3. The van der Waals surface area contributed by atoms with Crippen molar-refractivity contribution in [2.75, 3.05) is 25.1 Å². The Kier molecular flexibility index (Phi) is 3.99.